The number of sulfonamides is 1. The van der Waals surface area contributed by atoms with Gasteiger partial charge in [-0.05, 0) is 18.7 Å². The van der Waals surface area contributed by atoms with Crippen molar-refractivity contribution in [3.05, 3.63) is 23.9 Å². The summed E-state index contributed by atoms with van der Waals surface area (Å²) in [6.07, 6.45) is 1.56. The van der Waals surface area contributed by atoms with E-state index in [1.165, 1.54) is 20.2 Å². The van der Waals surface area contributed by atoms with E-state index in [-0.39, 0.29) is 5.03 Å². The fourth-order valence-electron chi connectivity index (χ4n) is 1.06. The van der Waals surface area contributed by atoms with Gasteiger partial charge in [0.25, 0.3) is 10.0 Å². The van der Waals surface area contributed by atoms with E-state index < -0.39 is 10.0 Å². The third-order valence-electron chi connectivity index (χ3n) is 1.92. The largest absolute Gasteiger partial charge is 0.316 e. The Labute approximate surface area is 90.2 Å². The van der Waals surface area contributed by atoms with Gasteiger partial charge in [-0.2, -0.15) is 0 Å². The van der Waals surface area contributed by atoms with E-state index in [0.29, 0.717) is 6.54 Å². The molecule has 0 atom stereocenters. The van der Waals surface area contributed by atoms with Crippen LogP contribution in [-0.4, -0.2) is 38.9 Å². The van der Waals surface area contributed by atoms with E-state index in [1.54, 1.807) is 12.3 Å². The van der Waals surface area contributed by atoms with Crippen LogP contribution in [0.25, 0.3) is 0 Å². The molecule has 0 aromatic carbocycles. The lowest BCUT2D eigenvalue weighted by Crippen LogP contribution is -2.23. The molecule has 0 aliphatic carbocycles. The first kappa shape index (κ1) is 12.1. The van der Waals surface area contributed by atoms with E-state index in [4.69, 9.17) is 0 Å². The maximum atomic E-state index is 11.6. The number of nitrogens with one attached hydrogen (secondary N) is 1. The highest BCUT2D eigenvalue weighted by molar-refractivity contribution is 7.89. The summed E-state index contributed by atoms with van der Waals surface area (Å²) in [6, 6.07) is 3.27. The summed E-state index contributed by atoms with van der Waals surface area (Å²) in [5.41, 5.74) is 0.954. The van der Waals surface area contributed by atoms with Gasteiger partial charge in [-0.3, -0.25) is 0 Å². The molecular weight excluding hydrogens is 214 g/mol. The van der Waals surface area contributed by atoms with Crippen molar-refractivity contribution in [2.45, 2.75) is 11.6 Å². The minimum Gasteiger partial charge on any atom is -0.316 e. The molecule has 0 aliphatic rings. The SMILES string of the molecule is CNCc1ccc(S(=O)(=O)N(C)C)nc1. The molecule has 0 fully saturated rings. The minimum absolute atomic E-state index is 0.0763. The summed E-state index contributed by atoms with van der Waals surface area (Å²) in [4.78, 5) is 3.92. The molecule has 84 valence electrons. The zero-order valence-corrected chi connectivity index (χ0v) is 9.87. The van der Waals surface area contributed by atoms with Crippen LogP contribution in [0.3, 0.4) is 0 Å². The molecule has 1 aromatic heterocycles. The molecule has 1 aromatic rings. The lowest BCUT2D eigenvalue weighted by molar-refractivity contribution is 0.517. The van der Waals surface area contributed by atoms with Gasteiger partial charge in [0.15, 0.2) is 5.03 Å². The zero-order chi connectivity index (χ0) is 11.5. The second-order valence-electron chi connectivity index (χ2n) is 3.32. The molecule has 0 spiro atoms. The number of pyridine rings is 1. The van der Waals surface area contributed by atoms with Crippen LogP contribution in [0.15, 0.2) is 23.4 Å². The molecule has 0 amide bonds. The van der Waals surface area contributed by atoms with Gasteiger partial charge in [0.05, 0.1) is 0 Å². The lowest BCUT2D eigenvalue weighted by Gasteiger charge is -2.10. The quantitative estimate of drug-likeness (QED) is 0.792. The summed E-state index contributed by atoms with van der Waals surface area (Å²) in [5, 5.41) is 3.04. The number of hydrogen-bond acceptors (Lipinski definition) is 4. The Kier molecular flexibility index (Phi) is 3.78. The van der Waals surface area contributed by atoms with Crippen molar-refractivity contribution < 1.29 is 8.42 Å². The summed E-state index contributed by atoms with van der Waals surface area (Å²) >= 11 is 0. The molecule has 1 heterocycles. The Balaban J connectivity index is 2.99. The number of hydrogen-bond donors (Lipinski definition) is 1. The van der Waals surface area contributed by atoms with Gasteiger partial charge in [-0.15, -0.1) is 0 Å². The van der Waals surface area contributed by atoms with Crippen LogP contribution in [0.4, 0.5) is 0 Å². The third-order valence-corrected chi connectivity index (χ3v) is 3.66. The Morgan fingerprint density at radius 3 is 2.47 bits per heavy atom. The normalized spacial score (nSPS) is 12.0. The Morgan fingerprint density at radius 2 is 2.07 bits per heavy atom. The van der Waals surface area contributed by atoms with Gasteiger partial charge in [-0.25, -0.2) is 17.7 Å². The number of nitrogens with zero attached hydrogens (tertiary/aromatic N) is 2. The summed E-state index contributed by atoms with van der Waals surface area (Å²) in [5.74, 6) is 0. The minimum atomic E-state index is -3.41. The van der Waals surface area contributed by atoms with Crippen molar-refractivity contribution in [2.75, 3.05) is 21.1 Å². The fraction of sp³-hybridized carbons (Fsp3) is 0.444. The first-order chi connectivity index (χ1) is 6.98. The van der Waals surface area contributed by atoms with Crippen LogP contribution in [0, 0.1) is 0 Å². The standard InChI is InChI=1S/C9H15N3O2S/c1-10-6-8-4-5-9(11-7-8)15(13,14)12(2)3/h4-5,7,10H,6H2,1-3H3. The van der Waals surface area contributed by atoms with Crippen molar-refractivity contribution in [3.63, 3.8) is 0 Å². The van der Waals surface area contributed by atoms with Gasteiger partial charge >= 0.3 is 0 Å². The van der Waals surface area contributed by atoms with Crippen molar-refractivity contribution in [3.8, 4) is 0 Å². The smallest absolute Gasteiger partial charge is 0.260 e. The summed E-state index contributed by atoms with van der Waals surface area (Å²) in [6.45, 7) is 0.676. The van der Waals surface area contributed by atoms with Gasteiger partial charge in [0, 0.05) is 26.8 Å². The molecule has 5 nitrogen and oxygen atoms in total. The van der Waals surface area contributed by atoms with E-state index in [9.17, 15) is 8.42 Å². The van der Waals surface area contributed by atoms with Crippen molar-refractivity contribution in [1.82, 2.24) is 14.6 Å². The van der Waals surface area contributed by atoms with Crippen LogP contribution in [0.1, 0.15) is 5.56 Å². The highest BCUT2D eigenvalue weighted by atomic mass is 32.2. The van der Waals surface area contributed by atoms with E-state index in [0.717, 1.165) is 9.87 Å². The Hall–Kier alpha value is -0.980. The number of aromatic nitrogens is 1. The fourth-order valence-corrected chi connectivity index (χ4v) is 1.86. The summed E-state index contributed by atoms with van der Waals surface area (Å²) < 4.78 is 24.4. The number of rotatable bonds is 4. The molecule has 0 bridgehead atoms. The molecule has 0 aliphatic heterocycles. The monoisotopic (exact) mass is 229 g/mol. The van der Waals surface area contributed by atoms with Crippen LogP contribution in [0.5, 0.6) is 0 Å². The van der Waals surface area contributed by atoms with E-state index in [1.807, 2.05) is 7.05 Å². The molecule has 1 rings (SSSR count). The molecular formula is C9H15N3O2S. The molecule has 6 heteroatoms. The maximum absolute atomic E-state index is 11.6. The first-order valence-corrected chi connectivity index (χ1v) is 5.94. The van der Waals surface area contributed by atoms with Crippen LogP contribution >= 0.6 is 0 Å². The summed E-state index contributed by atoms with van der Waals surface area (Å²) in [7, 11) is 1.39. The molecule has 0 unspecified atom stereocenters. The molecule has 1 N–H and O–H groups in total. The van der Waals surface area contributed by atoms with Gasteiger partial charge in [0.1, 0.15) is 0 Å². The third kappa shape index (κ3) is 2.74. The average molecular weight is 229 g/mol. The predicted molar refractivity (Wildman–Crippen MR) is 57.9 cm³/mol. The molecule has 0 radical (unpaired) electrons. The topological polar surface area (TPSA) is 62.3 Å². The second-order valence-corrected chi connectivity index (χ2v) is 5.42. The van der Waals surface area contributed by atoms with Gasteiger partial charge in [0.2, 0.25) is 0 Å². The van der Waals surface area contributed by atoms with Crippen molar-refractivity contribution >= 4 is 10.0 Å². The van der Waals surface area contributed by atoms with Crippen LogP contribution in [0.2, 0.25) is 0 Å². The first-order valence-electron chi connectivity index (χ1n) is 4.50. The van der Waals surface area contributed by atoms with Gasteiger partial charge < -0.3 is 5.32 Å². The van der Waals surface area contributed by atoms with Crippen LogP contribution in [-0.2, 0) is 16.6 Å². The average Bonchev–Trinajstić information content (AvgIpc) is 2.19. The Bertz CT molecular complexity index is 411. The lowest BCUT2D eigenvalue weighted by atomic mass is 10.3. The van der Waals surface area contributed by atoms with Crippen LogP contribution < -0.4 is 5.32 Å². The van der Waals surface area contributed by atoms with Crippen molar-refractivity contribution in [2.24, 2.45) is 0 Å². The predicted octanol–water partition coefficient (Wildman–Crippen LogP) is 0.0513. The second kappa shape index (κ2) is 4.69. The van der Waals surface area contributed by atoms with E-state index >= 15 is 0 Å². The van der Waals surface area contributed by atoms with Crippen molar-refractivity contribution in [1.29, 1.82) is 0 Å². The molecule has 15 heavy (non-hydrogen) atoms. The van der Waals surface area contributed by atoms with Gasteiger partial charge in [-0.1, -0.05) is 6.07 Å². The highest BCUT2D eigenvalue weighted by Crippen LogP contribution is 2.10. The van der Waals surface area contributed by atoms with E-state index in [2.05, 4.69) is 10.3 Å². The zero-order valence-electron chi connectivity index (χ0n) is 9.06. The maximum Gasteiger partial charge on any atom is 0.260 e. The molecule has 0 saturated carbocycles. The molecule has 0 saturated heterocycles. The Morgan fingerprint density at radius 1 is 1.40 bits per heavy atom. The highest BCUT2D eigenvalue weighted by Gasteiger charge is 2.17.